The zero-order valence-corrected chi connectivity index (χ0v) is 16.3. The van der Waals surface area contributed by atoms with Crippen LogP contribution in [0.2, 0.25) is 0 Å². The predicted octanol–water partition coefficient (Wildman–Crippen LogP) is 6.01. The Balaban J connectivity index is 4.97. The van der Waals surface area contributed by atoms with Crippen LogP contribution in [0.3, 0.4) is 0 Å². The van der Waals surface area contributed by atoms with Gasteiger partial charge in [-0.3, -0.25) is 0 Å². The van der Waals surface area contributed by atoms with Crippen LogP contribution in [0.1, 0.15) is 68.2 Å². The number of hydrogen-bond acceptors (Lipinski definition) is 4. The molecule has 0 aliphatic heterocycles. The zero-order chi connectivity index (χ0) is 15.3. The van der Waals surface area contributed by atoms with Gasteiger partial charge in [0.05, 0.1) is 11.2 Å². The molecular weight excluding hydrogens is 295 g/mol. The summed E-state index contributed by atoms with van der Waals surface area (Å²) in [7, 11) is 0. The molecule has 0 fully saturated rings. The summed E-state index contributed by atoms with van der Waals surface area (Å²) >= 11 is 7.48. The second kappa shape index (κ2) is 7.79. The Hall–Kier alpha value is 0.920. The van der Waals surface area contributed by atoms with E-state index >= 15 is 0 Å². The first-order chi connectivity index (χ1) is 8.45. The van der Waals surface area contributed by atoms with Crippen molar-refractivity contribution in [2.24, 2.45) is 5.92 Å². The predicted molar refractivity (Wildman–Crippen MR) is 92.5 cm³/mol. The van der Waals surface area contributed by atoms with Gasteiger partial charge in [0, 0.05) is 5.75 Å². The second-order valence-electron chi connectivity index (χ2n) is 6.55. The molecule has 0 amide bonds. The fourth-order valence-electron chi connectivity index (χ4n) is 1.05. The minimum Gasteiger partial charge on any atom is -0.316 e. The monoisotopic (exact) mass is 326 g/mol. The molecule has 116 valence electrons. The van der Waals surface area contributed by atoms with Gasteiger partial charge in [-0.2, -0.15) is 0 Å². The summed E-state index contributed by atoms with van der Waals surface area (Å²) in [5.74, 6) is 1.57. The van der Waals surface area contributed by atoms with Gasteiger partial charge in [-0.1, -0.05) is 39.1 Å². The van der Waals surface area contributed by atoms with Crippen molar-refractivity contribution in [2.75, 3.05) is 5.75 Å². The van der Waals surface area contributed by atoms with E-state index in [1.54, 1.807) is 11.4 Å². The Morgan fingerprint density at radius 2 is 1.37 bits per heavy atom. The van der Waals surface area contributed by atoms with Crippen LogP contribution in [0.15, 0.2) is 0 Å². The smallest absolute Gasteiger partial charge is 0.248 e. The minimum atomic E-state index is -2.30. The van der Waals surface area contributed by atoms with E-state index in [0.717, 1.165) is 18.6 Å². The van der Waals surface area contributed by atoms with E-state index in [1.807, 2.05) is 0 Å². The first-order valence-corrected chi connectivity index (χ1v) is 11.3. The van der Waals surface area contributed by atoms with Crippen LogP contribution in [-0.2, 0) is 20.9 Å². The van der Waals surface area contributed by atoms with Gasteiger partial charge in [0.1, 0.15) is 0 Å². The van der Waals surface area contributed by atoms with Crippen LogP contribution >= 0.6 is 17.1 Å². The van der Waals surface area contributed by atoms with E-state index in [4.69, 9.17) is 20.9 Å². The Morgan fingerprint density at radius 1 is 1.00 bits per heavy atom. The molecule has 0 spiro atoms. The average molecular weight is 327 g/mol. The van der Waals surface area contributed by atoms with Crippen molar-refractivity contribution in [3.05, 3.63) is 0 Å². The highest BCUT2D eigenvalue weighted by molar-refractivity contribution is 8.67. The molecule has 0 rings (SSSR count). The normalized spacial score (nSPS) is 14.2. The highest BCUT2D eigenvalue weighted by Crippen LogP contribution is 2.66. The van der Waals surface area contributed by atoms with Crippen molar-refractivity contribution in [1.82, 2.24) is 0 Å². The molecule has 0 bridgehead atoms. The van der Waals surface area contributed by atoms with Crippen LogP contribution in [-0.4, -0.2) is 17.0 Å². The summed E-state index contributed by atoms with van der Waals surface area (Å²) in [6.45, 7) is 17.0. The van der Waals surface area contributed by atoms with E-state index in [2.05, 4.69) is 55.4 Å². The van der Waals surface area contributed by atoms with Crippen LogP contribution in [0.5, 0.6) is 0 Å². The van der Waals surface area contributed by atoms with Gasteiger partial charge in [-0.25, -0.2) is 0 Å². The summed E-state index contributed by atoms with van der Waals surface area (Å²) in [4.78, 5) is 0. The molecule has 2 nitrogen and oxygen atoms in total. The topological polar surface area (TPSA) is 18.5 Å². The third-order valence-corrected chi connectivity index (χ3v) is 8.79. The highest BCUT2D eigenvalue weighted by Gasteiger charge is 2.34. The molecule has 0 unspecified atom stereocenters. The van der Waals surface area contributed by atoms with Gasteiger partial charge in [-0.05, 0) is 58.3 Å². The zero-order valence-electron chi connectivity index (χ0n) is 13.8. The van der Waals surface area contributed by atoms with Gasteiger partial charge in [-0.15, -0.1) is 0 Å². The molecule has 0 aliphatic carbocycles. The van der Waals surface area contributed by atoms with Crippen LogP contribution in [0.4, 0.5) is 0 Å². The Morgan fingerprint density at radius 3 is 1.63 bits per heavy atom. The van der Waals surface area contributed by atoms with Gasteiger partial charge >= 0.3 is 0 Å². The lowest BCUT2D eigenvalue weighted by atomic mass is 10.1. The van der Waals surface area contributed by atoms with Crippen molar-refractivity contribution >= 4 is 28.9 Å². The Bertz CT molecular complexity index is 293. The molecule has 0 aliphatic rings. The molecule has 0 aromatic rings. The van der Waals surface area contributed by atoms with Gasteiger partial charge in [0.25, 0.3) is 0 Å². The molecule has 0 N–H and O–H groups in total. The quantitative estimate of drug-likeness (QED) is 0.483. The molecule has 0 aromatic carbocycles. The largest absolute Gasteiger partial charge is 0.316 e. The molecule has 0 aromatic heterocycles. The van der Waals surface area contributed by atoms with E-state index in [9.17, 15) is 0 Å². The summed E-state index contributed by atoms with van der Waals surface area (Å²) in [6, 6.07) is 0. The number of rotatable bonds is 9. The van der Waals surface area contributed by atoms with Crippen LogP contribution in [0.25, 0.3) is 0 Å². The van der Waals surface area contributed by atoms with Crippen molar-refractivity contribution in [1.29, 1.82) is 0 Å². The highest BCUT2D eigenvalue weighted by atomic mass is 32.9. The maximum absolute atomic E-state index is 6.23. The third-order valence-electron chi connectivity index (χ3n) is 2.99. The molecule has 0 radical (unpaired) electrons. The summed E-state index contributed by atoms with van der Waals surface area (Å²) < 4.78 is 12.5. The fourth-order valence-corrected chi connectivity index (χ4v) is 7.87. The van der Waals surface area contributed by atoms with Crippen molar-refractivity contribution in [3.63, 3.8) is 0 Å². The van der Waals surface area contributed by atoms with Gasteiger partial charge in [0.2, 0.25) is 5.69 Å². The molecule has 19 heavy (non-hydrogen) atoms. The Labute approximate surface area is 129 Å². The summed E-state index contributed by atoms with van der Waals surface area (Å²) in [5.41, 5.74) is -2.74. The summed E-state index contributed by atoms with van der Waals surface area (Å²) in [5, 5.41) is 0. The first kappa shape index (κ1) is 19.9. The molecule has 0 saturated carbocycles. The SMILES string of the molecule is CCC(C)(C)OP(=S)(OC(C)(C)CC)SCC(C)C. The molecule has 0 heterocycles. The van der Waals surface area contributed by atoms with Crippen molar-refractivity contribution in [2.45, 2.75) is 79.4 Å². The third kappa shape index (κ3) is 8.72. The van der Waals surface area contributed by atoms with Gasteiger partial charge < -0.3 is 9.05 Å². The van der Waals surface area contributed by atoms with Crippen LogP contribution in [0, 0.1) is 5.92 Å². The first-order valence-electron chi connectivity index (χ1n) is 7.11. The van der Waals surface area contributed by atoms with Crippen molar-refractivity contribution in [3.8, 4) is 0 Å². The lowest BCUT2D eigenvalue weighted by molar-refractivity contribution is 0.0562. The lowest BCUT2D eigenvalue weighted by Crippen LogP contribution is -2.26. The van der Waals surface area contributed by atoms with E-state index in [0.29, 0.717) is 5.92 Å². The maximum atomic E-state index is 6.23. The minimum absolute atomic E-state index is 0.219. The Kier molecular flexibility index (Phi) is 8.17. The fraction of sp³-hybridized carbons (Fsp3) is 1.00. The number of hydrogen-bond donors (Lipinski definition) is 0. The van der Waals surface area contributed by atoms with E-state index in [-0.39, 0.29) is 11.2 Å². The van der Waals surface area contributed by atoms with E-state index < -0.39 is 5.69 Å². The van der Waals surface area contributed by atoms with Crippen LogP contribution < -0.4 is 0 Å². The maximum Gasteiger partial charge on any atom is 0.248 e. The molecule has 0 saturated heterocycles. The molecule has 5 heteroatoms. The molecular formula is C14H31O2PS2. The summed E-state index contributed by atoms with van der Waals surface area (Å²) in [6.07, 6.45) is 1.87. The van der Waals surface area contributed by atoms with E-state index in [1.165, 1.54) is 0 Å². The van der Waals surface area contributed by atoms with Gasteiger partial charge in [0.15, 0.2) is 0 Å². The average Bonchev–Trinajstić information content (AvgIpc) is 2.25. The van der Waals surface area contributed by atoms with Crippen molar-refractivity contribution < 1.29 is 9.05 Å². The second-order valence-corrected chi connectivity index (χ2v) is 12.7. The lowest BCUT2D eigenvalue weighted by Gasteiger charge is -2.36. The standard InChI is InChI=1S/C14H31O2PS2/c1-9-13(5,6)15-17(18,19-11-12(3)4)16-14(7,8)10-2/h12H,9-11H2,1-8H3. The molecule has 0 atom stereocenters.